The van der Waals surface area contributed by atoms with E-state index in [1.165, 1.54) is 148 Å². The summed E-state index contributed by atoms with van der Waals surface area (Å²) in [6, 6.07) is 0. The second-order valence-electron chi connectivity index (χ2n) is 16.0. The van der Waals surface area contributed by atoms with Gasteiger partial charge in [0.2, 0.25) is 0 Å². The van der Waals surface area contributed by atoms with Crippen LogP contribution in [0.2, 0.25) is 0 Å². The lowest BCUT2D eigenvalue weighted by atomic mass is 10.0. The molecule has 0 fully saturated rings. The van der Waals surface area contributed by atoms with Crippen molar-refractivity contribution in [3.63, 3.8) is 0 Å². The fourth-order valence-corrected chi connectivity index (χ4v) is 7.60. The number of esters is 1. The lowest BCUT2D eigenvalue weighted by Gasteiger charge is -2.20. The molecule has 0 heterocycles. The minimum Gasteiger partial charge on any atom is -0.457 e. The fraction of sp³-hybridized carbons (Fsp3) is 0.854. The molecular formula is C48H92NO7P. The first kappa shape index (κ1) is 55.7. The van der Waals surface area contributed by atoms with E-state index in [9.17, 15) is 14.3 Å². The van der Waals surface area contributed by atoms with Gasteiger partial charge in [-0.3, -0.25) is 13.8 Å². The van der Waals surface area contributed by atoms with Gasteiger partial charge in [0.05, 0.1) is 19.8 Å². The van der Waals surface area contributed by atoms with Crippen LogP contribution < -0.4 is 5.73 Å². The fourth-order valence-electron chi connectivity index (χ4n) is 6.84. The molecule has 336 valence electrons. The number of rotatable bonds is 46. The van der Waals surface area contributed by atoms with Gasteiger partial charge in [-0.05, 0) is 44.9 Å². The Labute approximate surface area is 352 Å². The van der Waals surface area contributed by atoms with Crippen LogP contribution in [0.15, 0.2) is 36.5 Å². The van der Waals surface area contributed by atoms with Gasteiger partial charge in [-0.2, -0.15) is 0 Å². The van der Waals surface area contributed by atoms with E-state index in [0.29, 0.717) is 13.0 Å². The van der Waals surface area contributed by atoms with E-state index in [1.54, 1.807) is 0 Å². The quantitative estimate of drug-likeness (QED) is 0.0270. The van der Waals surface area contributed by atoms with Crippen LogP contribution in [0.5, 0.6) is 0 Å². The molecule has 0 saturated heterocycles. The van der Waals surface area contributed by atoms with Crippen LogP contribution in [-0.4, -0.2) is 49.9 Å². The van der Waals surface area contributed by atoms with Crippen LogP contribution in [0, 0.1) is 0 Å². The Kier molecular flexibility index (Phi) is 44.8. The highest BCUT2D eigenvalue weighted by molar-refractivity contribution is 7.47. The number of phosphoric ester groups is 1. The number of hydrogen-bond acceptors (Lipinski definition) is 7. The zero-order chi connectivity index (χ0) is 41.6. The molecule has 0 spiro atoms. The molecule has 0 saturated carbocycles. The summed E-state index contributed by atoms with van der Waals surface area (Å²) in [4.78, 5) is 22.5. The molecule has 2 unspecified atom stereocenters. The predicted octanol–water partition coefficient (Wildman–Crippen LogP) is 14.6. The maximum absolute atomic E-state index is 12.6. The Bertz CT molecular complexity index is 972. The zero-order valence-corrected chi connectivity index (χ0v) is 38.2. The van der Waals surface area contributed by atoms with Crippen molar-refractivity contribution in [1.82, 2.24) is 0 Å². The van der Waals surface area contributed by atoms with E-state index < -0.39 is 13.9 Å². The lowest BCUT2D eigenvalue weighted by Crippen LogP contribution is -2.28. The number of unbranched alkanes of at least 4 members (excludes halogenated alkanes) is 27. The highest BCUT2D eigenvalue weighted by Crippen LogP contribution is 2.43. The van der Waals surface area contributed by atoms with Crippen molar-refractivity contribution >= 4 is 13.8 Å². The minimum absolute atomic E-state index is 0.0965. The van der Waals surface area contributed by atoms with Crippen molar-refractivity contribution in [2.24, 2.45) is 5.73 Å². The van der Waals surface area contributed by atoms with Crippen LogP contribution in [0.1, 0.15) is 226 Å². The van der Waals surface area contributed by atoms with E-state index in [4.69, 9.17) is 24.3 Å². The summed E-state index contributed by atoms with van der Waals surface area (Å²) in [7, 11) is -4.28. The maximum atomic E-state index is 12.6. The summed E-state index contributed by atoms with van der Waals surface area (Å²) in [6.45, 7) is 4.84. The SMILES string of the molecule is CC/C=C\C/C=C\C/C=C\CCCCCCCCCC(=O)OC(COCCCCCCCCCCCCCCCCCCCCCCC)COP(=O)(O)OCCN. The van der Waals surface area contributed by atoms with Gasteiger partial charge >= 0.3 is 13.8 Å². The summed E-state index contributed by atoms with van der Waals surface area (Å²) < 4.78 is 33.5. The third-order valence-electron chi connectivity index (χ3n) is 10.3. The number of hydrogen-bond donors (Lipinski definition) is 2. The largest absolute Gasteiger partial charge is 0.472 e. The van der Waals surface area contributed by atoms with Gasteiger partial charge in [0.25, 0.3) is 0 Å². The van der Waals surface area contributed by atoms with Gasteiger partial charge in [-0.1, -0.05) is 211 Å². The van der Waals surface area contributed by atoms with E-state index in [2.05, 4.69) is 50.3 Å². The second-order valence-corrected chi connectivity index (χ2v) is 17.4. The summed E-state index contributed by atoms with van der Waals surface area (Å²) in [6.07, 6.45) is 53.1. The number of phosphoric acid groups is 1. The molecule has 0 aliphatic heterocycles. The first-order chi connectivity index (χ1) is 27.9. The number of ether oxygens (including phenoxy) is 2. The molecule has 0 aromatic rings. The van der Waals surface area contributed by atoms with Gasteiger partial charge in [-0.15, -0.1) is 0 Å². The van der Waals surface area contributed by atoms with Crippen molar-refractivity contribution in [3.8, 4) is 0 Å². The van der Waals surface area contributed by atoms with Crippen LogP contribution >= 0.6 is 7.82 Å². The highest BCUT2D eigenvalue weighted by atomic mass is 31.2. The molecule has 0 amide bonds. The van der Waals surface area contributed by atoms with Crippen molar-refractivity contribution < 1.29 is 32.8 Å². The lowest BCUT2D eigenvalue weighted by molar-refractivity contribution is -0.154. The van der Waals surface area contributed by atoms with Crippen molar-refractivity contribution in [2.45, 2.75) is 232 Å². The van der Waals surface area contributed by atoms with Crippen molar-refractivity contribution in [1.29, 1.82) is 0 Å². The Morgan fingerprint density at radius 3 is 1.47 bits per heavy atom. The zero-order valence-electron chi connectivity index (χ0n) is 37.3. The highest BCUT2D eigenvalue weighted by Gasteiger charge is 2.25. The van der Waals surface area contributed by atoms with Crippen molar-refractivity contribution in [2.75, 3.05) is 33.0 Å². The molecule has 0 radical (unpaired) electrons. The van der Waals surface area contributed by atoms with E-state index in [-0.39, 0.29) is 32.3 Å². The standard InChI is InChI=1S/C48H92NO7P/c1-3-5-7-9-11-13-15-17-19-21-22-23-24-26-28-30-32-34-36-38-40-43-53-45-47(46-55-57(51,52)54-44-42-49)56-48(50)41-39-37-35-33-31-29-27-25-20-18-16-14-12-10-8-6-4-2/h6,8,12,14,18,20,47H,3-5,7,9-11,13,15-17,19,21-46,49H2,1-2H3,(H,51,52)/b8-6-,14-12-,20-18-. The van der Waals surface area contributed by atoms with E-state index >= 15 is 0 Å². The first-order valence-corrected chi connectivity index (χ1v) is 25.5. The molecule has 0 bridgehead atoms. The summed E-state index contributed by atoms with van der Waals surface area (Å²) >= 11 is 0. The molecule has 0 rings (SSSR count). The van der Waals surface area contributed by atoms with Gasteiger partial charge in [0.1, 0.15) is 6.10 Å². The Morgan fingerprint density at radius 1 is 0.544 bits per heavy atom. The molecule has 0 aromatic heterocycles. The average molecular weight is 826 g/mol. The second kappa shape index (κ2) is 45.8. The van der Waals surface area contributed by atoms with Gasteiger partial charge < -0.3 is 20.1 Å². The molecule has 0 aromatic carbocycles. The van der Waals surface area contributed by atoms with Gasteiger partial charge in [-0.25, -0.2) is 4.57 Å². The minimum atomic E-state index is -4.28. The predicted molar refractivity (Wildman–Crippen MR) is 243 cm³/mol. The molecule has 3 N–H and O–H groups in total. The maximum Gasteiger partial charge on any atom is 0.472 e. The molecule has 2 atom stereocenters. The van der Waals surface area contributed by atoms with E-state index in [1.807, 2.05) is 0 Å². The van der Waals surface area contributed by atoms with Crippen LogP contribution in [0.25, 0.3) is 0 Å². The Hall–Kier alpha value is -1.28. The van der Waals surface area contributed by atoms with Crippen molar-refractivity contribution in [3.05, 3.63) is 36.5 Å². The monoisotopic (exact) mass is 826 g/mol. The summed E-state index contributed by atoms with van der Waals surface area (Å²) in [5.41, 5.74) is 5.38. The molecule has 8 nitrogen and oxygen atoms in total. The molecule has 9 heteroatoms. The number of allylic oxidation sites excluding steroid dienone is 6. The van der Waals surface area contributed by atoms with Gasteiger partial charge in [0, 0.05) is 19.6 Å². The normalized spacial score (nSPS) is 13.7. The summed E-state index contributed by atoms with van der Waals surface area (Å²) in [5.74, 6) is -0.337. The summed E-state index contributed by atoms with van der Waals surface area (Å²) in [5, 5.41) is 0. The topological polar surface area (TPSA) is 117 Å². The van der Waals surface area contributed by atoms with Crippen LogP contribution in [0.3, 0.4) is 0 Å². The molecule has 0 aliphatic rings. The molecule has 57 heavy (non-hydrogen) atoms. The average Bonchev–Trinajstić information content (AvgIpc) is 3.20. The first-order valence-electron chi connectivity index (χ1n) is 24.0. The Morgan fingerprint density at radius 2 is 0.982 bits per heavy atom. The molecule has 0 aliphatic carbocycles. The van der Waals surface area contributed by atoms with Crippen LogP contribution in [-0.2, 0) is 27.9 Å². The Balaban J connectivity index is 3.94. The third kappa shape index (κ3) is 45.7. The number of carbonyl (C=O) groups is 1. The third-order valence-corrected chi connectivity index (χ3v) is 11.3. The van der Waals surface area contributed by atoms with Crippen LogP contribution in [0.4, 0.5) is 0 Å². The smallest absolute Gasteiger partial charge is 0.457 e. The molecular weight excluding hydrogens is 734 g/mol. The van der Waals surface area contributed by atoms with Gasteiger partial charge in [0.15, 0.2) is 0 Å². The number of carbonyl (C=O) groups excluding carboxylic acids is 1. The number of nitrogens with two attached hydrogens (primary N) is 1. The van der Waals surface area contributed by atoms with E-state index in [0.717, 1.165) is 57.8 Å².